The highest BCUT2D eigenvalue weighted by Gasteiger charge is 2.18. The fourth-order valence-corrected chi connectivity index (χ4v) is 3.01. The molecule has 6 heteroatoms. The van der Waals surface area contributed by atoms with Crippen molar-refractivity contribution in [2.45, 2.75) is 6.92 Å². The largest absolute Gasteiger partial charge is 0.366 e. The molecule has 1 amide bonds. The topological polar surface area (TPSA) is 65.1 Å². The summed E-state index contributed by atoms with van der Waals surface area (Å²) in [4.78, 5) is 24.8. The van der Waals surface area contributed by atoms with Crippen LogP contribution in [0.15, 0.2) is 47.3 Å². The smallest absolute Gasteiger partial charge is 0.263 e. The van der Waals surface area contributed by atoms with E-state index in [0.29, 0.717) is 37.8 Å². The third kappa shape index (κ3) is 2.50. The maximum atomic E-state index is 12.9. The van der Waals surface area contributed by atoms with Crippen LogP contribution in [0.4, 0.5) is 0 Å². The molecule has 23 heavy (non-hydrogen) atoms. The van der Waals surface area contributed by atoms with Crippen LogP contribution in [0.2, 0.25) is 10.0 Å². The van der Waals surface area contributed by atoms with Gasteiger partial charge < -0.3 is 5.73 Å². The van der Waals surface area contributed by atoms with E-state index in [9.17, 15) is 9.59 Å². The van der Waals surface area contributed by atoms with Gasteiger partial charge >= 0.3 is 0 Å². The minimum atomic E-state index is -0.590. The van der Waals surface area contributed by atoms with Crippen molar-refractivity contribution in [3.63, 3.8) is 0 Å². The second-order valence-corrected chi connectivity index (χ2v) is 5.92. The normalized spacial score (nSPS) is 10.9. The van der Waals surface area contributed by atoms with E-state index in [1.54, 1.807) is 49.4 Å². The molecular weight excluding hydrogens is 335 g/mol. The second kappa shape index (κ2) is 5.72. The predicted molar refractivity (Wildman–Crippen MR) is 92.8 cm³/mol. The van der Waals surface area contributed by atoms with Crippen LogP contribution in [0.3, 0.4) is 0 Å². The molecule has 0 fully saturated rings. The summed E-state index contributed by atoms with van der Waals surface area (Å²) in [5, 5.41) is 1.66. The summed E-state index contributed by atoms with van der Waals surface area (Å²) < 4.78 is 1.42. The third-order valence-electron chi connectivity index (χ3n) is 3.73. The minimum Gasteiger partial charge on any atom is -0.366 e. The first-order chi connectivity index (χ1) is 10.9. The Kier molecular flexibility index (Phi) is 3.88. The molecule has 0 unspecified atom stereocenters. The van der Waals surface area contributed by atoms with E-state index in [1.165, 1.54) is 4.57 Å². The van der Waals surface area contributed by atoms with Gasteiger partial charge in [-0.15, -0.1) is 0 Å². The van der Waals surface area contributed by atoms with Crippen LogP contribution in [0.5, 0.6) is 0 Å². The number of aromatic nitrogens is 1. The van der Waals surface area contributed by atoms with E-state index in [4.69, 9.17) is 28.9 Å². The van der Waals surface area contributed by atoms with Gasteiger partial charge in [0.05, 0.1) is 21.3 Å². The quantitative estimate of drug-likeness (QED) is 0.768. The van der Waals surface area contributed by atoms with Crippen LogP contribution in [-0.2, 0) is 0 Å². The molecule has 116 valence electrons. The number of pyridine rings is 1. The highest BCUT2D eigenvalue weighted by Crippen LogP contribution is 2.26. The van der Waals surface area contributed by atoms with Crippen molar-refractivity contribution in [1.82, 2.24) is 4.57 Å². The summed E-state index contributed by atoms with van der Waals surface area (Å²) in [6, 6.07) is 11.7. The Balaban J connectivity index is 2.48. The lowest BCUT2D eigenvalue weighted by atomic mass is 10.0. The van der Waals surface area contributed by atoms with Gasteiger partial charge in [0.2, 0.25) is 0 Å². The highest BCUT2D eigenvalue weighted by atomic mass is 35.5. The van der Waals surface area contributed by atoms with Crippen molar-refractivity contribution in [3.05, 3.63) is 74.1 Å². The van der Waals surface area contributed by atoms with Gasteiger partial charge in [-0.3, -0.25) is 14.2 Å². The van der Waals surface area contributed by atoms with Crippen molar-refractivity contribution < 1.29 is 4.79 Å². The maximum absolute atomic E-state index is 12.9. The number of halogens is 2. The SMILES string of the molecule is Cc1c(C(N)=O)c2ccccc2c(=O)n1-c1ccc(Cl)c(Cl)c1. The first-order valence-corrected chi connectivity index (χ1v) is 7.57. The number of benzene rings is 2. The number of primary amides is 1. The summed E-state index contributed by atoms with van der Waals surface area (Å²) in [7, 11) is 0. The summed E-state index contributed by atoms with van der Waals surface area (Å²) >= 11 is 12.0. The number of amides is 1. The van der Waals surface area contributed by atoms with E-state index in [-0.39, 0.29) is 5.56 Å². The van der Waals surface area contributed by atoms with Crippen LogP contribution in [-0.4, -0.2) is 10.5 Å². The highest BCUT2D eigenvalue weighted by molar-refractivity contribution is 6.42. The van der Waals surface area contributed by atoms with Crippen LogP contribution >= 0.6 is 23.2 Å². The molecule has 0 aliphatic carbocycles. The number of nitrogens with two attached hydrogens (primary N) is 1. The summed E-state index contributed by atoms with van der Waals surface area (Å²) in [5.74, 6) is -0.590. The van der Waals surface area contributed by atoms with Crippen molar-refractivity contribution in [3.8, 4) is 5.69 Å². The van der Waals surface area contributed by atoms with Crippen molar-refractivity contribution in [2.75, 3.05) is 0 Å². The molecule has 2 aromatic carbocycles. The number of hydrogen-bond donors (Lipinski definition) is 1. The Morgan fingerprint density at radius 1 is 1.04 bits per heavy atom. The first-order valence-electron chi connectivity index (χ1n) is 6.81. The Morgan fingerprint density at radius 3 is 2.30 bits per heavy atom. The first kappa shape index (κ1) is 15.6. The third-order valence-corrected chi connectivity index (χ3v) is 4.47. The number of fused-ring (bicyclic) bond motifs is 1. The van der Waals surface area contributed by atoms with Gasteiger partial charge in [0.15, 0.2) is 0 Å². The zero-order chi connectivity index (χ0) is 16.7. The standard InChI is InChI=1S/C17H12Cl2N2O2/c1-9-15(16(20)22)11-4-2-3-5-12(11)17(23)21(9)10-6-7-13(18)14(19)8-10/h2-8H,1H3,(H2,20,22). The number of carbonyl (C=O) groups is 1. The molecule has 2 N–H and O–H groups in total. The van der Waals surface area contributed by atoms with Gasteiger partial charge in [0.25, 0.3) is 11.5 Å². The zero-order valence-corrected chi connectivity index (χ0v) is 13.7. The van der Waals surface area contributed by atoms with Crippen LogP contribution < -0.4 is 11.3 Å². The number of hydrogen-bond acceptors (Lipinski definition) is 2. The van der Waals surface area contributed by atoms with Crippen molar-refractivity contribution >= 4 is 39.9 Å². The van der Waals surface area contributed by atoms with Gasteiger partial charge in [0, 0.05) is 16.5 Å². The zero-order valence-electron chi connectivity index (χ0n) is 12.1. The van der Waals surface area contributed by atoms with Gasteiger partial charge in [-0.1, -0.05) is 41.4 Å². The lowest BCUT2D eigenvalue weighted by molar-refractivity contribution is 0.100. The van der Waals surface area contributed by atoms with Gasteiger partial charge in [0.1, 0.15) is 0 Å². The molecule has 0 atom stereocenters. The molecule has 4 nitrogen and oxygen atoms in total. The molecule has 0 saturated heterocycles. The molecule has 0 saturated carbocycles. The number of nitrogens with zero attached hydrogens (tertiary/aromatic N) is 1. The lowest BCUT2D eigenvalue weighted by Gasteiger charge is -2.16. The summed E-state index contributed by atoms with van der Waals surface area (Å²) in [6.45, 7) is 1.68. The molecule has 0 aliphatic heterocycles. The van der Waals surface area contributed by atoms with E-state index in [2.05, 4.69) is 0 Å². The summed E-state index contributed by atoms with van der Waals surface area (Å²) in [6.07, 6.45) is 0. The average molecular weight is 347 g/mol. The van der Waals surface area contributed by atoms with Crippen LogP contribution in [0.25, 0.3) is 16.5 Å². The van der Waals surface area contributed by atoms with E-state index >= 15 is 0 Å². The van der Waals surface area contributed by atoms with Crippen LogP contribution in [0, 0.1) is 6.92 Å². The maximum Gasteiger partial charge on any atom is 0.263 e. The average Bonchev–Trinajstić information content (AvgIpc) is 2.50. The molecule has 1 aromatic heterocycles. The lowest BCUT2D eigenvalue weighted by Crippen LogP contribution is -2.26. The fourth-order valence-electron chi connectivity index (χ4n) is 2.71. The Morgan fingerprint density at radius 2 is 1.70 bits per heavy atom. The van der Waals surface area contributed by atoms with Crippen LogP contribution in [0.1, 0.15) is 16.1 Å². The molecular formula is C17H12Cl2N2O2. The fraction of sp³-hybridized carbons (Fsp3) is 0.0588. The van der Waals surface area contributed by atoms with Crippen molar-refractivity contribution in [1.29, 1.82) is 0 Å². The second-order valence-electron chi connectivity index (χ2n) is 5.11. The minimum absolute atomic E-state index is 0.249. The van der Waals surface area contributed by atoms with E-state index in [0.717, 1.165) is 0 Å². The molecule has 1 heterocycles. The predicted octanol–water partition coefficient (Wildman–Crippen LogP) is 3.70. The van der Waals surface area contributed by atoms with Crippen molar-refractivity contribution in [2.24, 2.45) is 5.73 Å². The monoisotopic (exact) mass is 346 g/mol. The van der Waals surface area contributed by atoms with Gasteiger partial charge in [-0.2, -0.15) is 0 Å². The van der Waals surface area contributed by atoms with E-state index in [1.807, 2.05) is 0 Å². The molecule has 0 aliphatic rings. The summed E-state index contributed by atoms with van der Waals surface area (Å²) in [5.41, 5.74) is 6.57. The molecule has 3 rings (SSSR count). The molecule has 3 aromatic rings. The molecule has 0 bridgehead atoms. The number of carbonyl (C=O) groups excluding carboxylic acids is 1. The molecule has 0 radical (unpaired) electrons. The van der Waals surface area contributed by atoms with Gasteiger partial charge in [-0.05, 0) is 31.2 Å². The van der Waals surface area contributed by atoms with E-state index < -0.39 is 5.91 Å². The van der Waals surface area contributed by atoms with Gasteiger partial charge in [-0.25, -0.2) is 0 Å². The Bertz CT molecular complexity index is 1010. The Labute approximate surface area is 142 Å². The Hall–Kier alpha value is -2.30. The number of rotatable bonds is 2. The molecule has 0 spiro atoms.